The van der Waals surface area contributed by atoms with E-state index >= 15 is 0 Å². The van der Waals surface area contributed by atoms with E-state index in [2.05, 4.69) is 15.0 Å². The highest BCUT2D eigenvalue weighted by molar-refractivity contribution is 7.07. The summed E-state index contributed by atoms with van der Waals surface area (Å²) in [5.41, 5.74) is 4.56. The molecule has 0 radical (unpaired) electrons. The molecule has 124 valence electrons. The van der Waals surface area contributed by atoms with Crippen LogP contribution in [0.1, 0.15) is 6.92 Å². The number of para-hydroxylation sites is 2. The van der Waals surface area contributed by atoms with Crippen molar-refractivity contribution in [1.29, 1.82) is 0 Å². The summed E-state index contributed by atoms with van der Waals surface area (Å²) in [5, 5.41) is 12.2. The Kier molecular flexibility index (Phi) is 3.75. The van der Waals surface area contributed by atoms with Crippen LogP contribution in [0, 0.1) is 0 Å². The number of rotatable bonds is 3. The van der Waals surface area contributed by atoms with E-state index in [9.17, 15) is 10.0 Å². The minimum Gasteiger partial charge on any atom is -0.281 e. The first kappa shape index (κ1) is 15.4. The molecule has 25 heavy (non-hydrogen) atoms. The molecular formula is C17H13N5O2S. The van der Waals surface area contributed by atoms with E-state index in [1.54, 1.807) is 17.6 Å². The number of pyridine rings is 1. The van der Waals surface area contributed by atoms with Crippen molar-refractivity contribution in [1.82, 2.24) is 19.5 Å². The summed E-state index contributed by atoms with van der Waals surface area (Å²) in [6.07, 6.45) is 1.44. The molecule has 1 amide bonds. The summed E-state index contributed by atoms with van der Waals surface area (Å²) in [5.74, 6) is 0.832. The lowest BCUT2D eigenvalue weighted by Crippen LogP contribution is -2.23. The second-order valence-electron chi connectivity index (χ2n) is 5.34. The van der Waals surface area contributed by atoms with Crippen LogP contribution in [0.25, 0.3) is 28.4 Å². The van der Waals surface area contributed by atoms with Gasteiger partial charge in [-0.05, 0) is 24.3 Å². The number of carbonyl (C=O) groups excluding carboxylic acids is 1. The maximum atomic E-state index is 11.3. The number of hydroxylamine groups is 1. The van der Waals surface area contributed by atoms with Crippen molar-refractivity contribution in [2.75, 3.05) is 5.06 Å². The lowest BCUT2D eigenvalue weighted by Gasteiger charge is -2.13. The van der Waals surface area contributed by atoms with E-state index in [-0.39, 0.29) is 0 Å². The Labute approximate surface area is 146 Å². The van der Waals surface area contributed by atoms with Gasteiger partial charge in [-0.1, -0.05) is 12.1 Å². The molecule has 4 aromatic rings. The van der Waals surface area contributed by atoms with Crippen LogP contribution in [0.3, 0.4) is 0 Å². The van der Waals surface area contributed by atoms with E-state index in [1.807, 2.05) is 34.2 Å². The minimum atomic E-state index is -0.481. The average Bonchev–Trinajstić information content (AvgIpc) is 3.28. The molecule has 0 fully saturated rings. The van der Waals surface area contributed by atoms with Gasteiger partial charge in [0.15, 0.2) is 5.82 Å². The third-order valence-electron chi connectivity index (χ3n) is 3.73. The third-order valence-corrected chi connectivity index (χ3v) is 4.31. The molecule has 0 saturated carbocycles. The van der Waals surface area contributed by atoms with Crippen LogP contribution in [-0.2, 0) is 4.79 Å². The standard InChI is InChI=1S/C17H13N5O2S/c1-11(23)22(24)12-6-7-16(18-8-12)21-15-5-3-2-4-13(15)20-17(21)14-9-25-10-19-14/h2-10,24H,1H3. The maximum Gasteiger partial charge on any atom is 0.247 e. The van der Waals surface area contributed by atoms with E-state index in [0.717, 1.165) is 16.7 Å². The number of hydrogen-bond donors (Lipinski definition) is 1. The molecule has 1 aromatic carbocycles. The van der Waals surface area contributed by atoms with Gasteiger partial charge in [0.25, 0.3) is 0 Å². The van der Waals surface area contributed by atoms with Crippen molar-refractivity contribution in [3.63, 3.8) is 0 Å². The zero-order valence-corrected chi connectivity index (χ0v) is 14.0. The van der Waals surface area contributed by atoms with Gasteiger partial charge in [0.1, 0.15) is 11.5 Å². The van der Waals surface area contributed by atoms with Crippen LogP contribution in [0.4, 0.5) is 5.69 Å². The van der Waals surface area contributed by atoms with Crippen molar-refractivity contribution in [3.05, 3.63) is 53.5 Å². The van der Waals surface area contributed by atoms with Crippen LogP contribution in [0.15, 0.2) is 53.5 Å². The number of hydrogen-bond acceptors (Lipinski definition) is 6. The number of fused-ring (bicyclic) bond motifs is 1. The maximum absolute atomic E-state index is 11.3. The van der Waals surface area contributed by atoms with Crippen molar-refractivity contribution in [3.8, 4) is 17.3 Å². The Balaban J connectivity index is 1.88. The Hall–Kier alpha value is -3.10. The van der Waals surface area contributed by atoms with E-state index in [4.69, 9.17) is 0 Å². The molecule has 0 aliphatic rings. The molecule has 0 aliphatic carbocycles. The fourth-order valence-electron chi connectivity index (χ4n) is 2.57. The number of aromatic nitrogens is 4. The van der Waals surface area contributed by atoms with Crippen molar-refractivity contribution in [2.24, 2.45) is 0 Å². The molecule has 4 rings (SSSR count). The predicted octanol–water partition coefficient (Wildman–Crippen LogP) is 3.29. The second-order valence-corrected chi connectivity index (χ2v) is 6.06. The van der Waals surface area contributed by atoms with E-state index in [0.29, 0.717) is 22.4 Å². The summed E-state index contributed by atoms with van der Waals surface area (Å²) in [4.78, 5) is 24.7. The SMILES string of the molecule is CC(=O)N(O)c1ccc(-n2c(-c3cscn3)nc3ccccc32)nc1. The van der Waals surface area contributed by atoms with Gasteiger partial charge in [0, 0.05) is 12.3 Å². The fourth-order valence-corrected chi connectivity index (χ4v) is 3.10. The molecule has 8 heteroatoms. The second kappa shape index (κ2) is 6.08. The molecule has 3 aromatic heterocycles. The molecule has 0 spiro atoms. The largest absolute Gasteiger partial charge is 0.281 e. The minimum absolute atomic E-state index is 0.302. The summed E-state index contributed by atoms with van der Waals surface area (Å²) in [7, 11) is 0. The number of thiazole rings is 1. The molecule has 0 bridgehead atoms. The summed E-state index contributed by atoms with van der Waals surface area (Å²) in [6.45, 7) is 1.28. The van der Waals surface area contributed by atoms with Gasteiger partial charge in [-0.3, -0.25) is 14.6 Å². The predicted molar refractivity (Wildman–Crippen MR) is 94.9 cm³/mol. The van der Waals surface area contributed by atoms with Crippen LogP contribution < -0.4 is 5.06 Å². The monoisotopic (exact) mass is 351 g/mol. The van der Waals surface area contributed by atoms with Crippen molar-refractivity contribution in [2.45, 2.75) is 6.92 Å². The first-order chi connectivity index (χ1) is 12.1. The van der Waals surface area contributed by atoms with Gasteiger partial charge < -0.3 is 0 Å². The molecule has 0 aliphatic heterocycles. The lowest BCUT2D eigenvalue weighted by atomic mass is 10.3. The van der Waals surface area contributed by atoms with Crippen molar-refractivity contribution >= 4 is 34.0 Å². The van der Waals surface area contributed by atoms with Crippen LogP contribution in [0.5, 0.6) is 0 Å². The van der Waals surface area contributed by atoms with Gasteiger partial charge >= 0.3 is 0 Å². The first-order valence-electron chi connectivity index (χ1n) is 7.47. The quantitative estimate of drug-likeness (QED) is 0.452. The zero-order valence-electron chi connectivity index (χ0n) is 13.2. The van der Waals surface area contributed by atoms with Crippen LogP contribution >= 0.6 is 11.3 Å². The molecular weight excluding hydrogens is 338 g/mol. The highest BCUT2D eigenvalue weighted by Gasteiger charge is 2.17. The van der Waals surface area contributed by atoms with Gasteiger partial charge in [0.2, 0.25) is 5.91 Å². The summed E-state index contributed by atoms with van der Waals surface area (Å²) < 4.78 is 1.91. The smallest absolute Gasteiger partial charge is 0.247 e. The molecule has 1 N–H and O–H groups in total. The molecule has 0 atom stereocenters. The Morgan fingerprint density at radius 2 is 2.04 bits per heavy atom. The highest BCUT2D eigenvalue weighted by Crippen LogP contribution is 2.28. The van der Waals surface area contributed by atoms with Gasteiger partial charge in [-0.25, -0.2) is 15.0 Å². The molecule has 3 heterocycles. The number of amides is 1. The van der Waals surface area contributed by atoms with Crippen molar-refractivity contribution < 1.29 is 10.0 Å². The number of benzene rings is 1. The molecule has 0 saturated heterocycles. The van der Waals surface area contributed by atoms with Gasteiger partial charge in [0.05, 0.1) is 28.4 Å². The number of anilines is 1. The van der Waals surface area contributed by atoms with E-state index < -0.39 is 5.91 Å². The third kappa shape index (κ3) is 2.67. The average molecular weight is 351 g/mol. The Bertz CT molecular complexity index is 1040. The Morgan fingerprint density at radius 1 is 1.20 bits per heavy atom. The highest BCUT2D eigenvalue weighted by atomic mass is 32.1. The number of nitrogens with zero attached hydrogens (tertiary/aromatic N) is 5. The van der Waals surface area contributed by atoms with Gasteiger partial charge in [-0.2, -0.15) is 5.06 Å². The number of carbonyl (C=O) groups is 1. The zero-order chi connectivity index (χ0) is 17.4. The topological polar surface area (TPSA) is 84.1 Å². The number of imidazole rings is 1. The van der Waals surface area contributed by atoms with Gasteiger partial charge in [-0.15, -0.1) is 11.3 Å². The fraction of sp³-hybridized carbons (Fsp3) is 0.0588. The Morgan fingerprint density at radius 3 is 2.72 bits per heavy atom. The van der Waals surface area contributed by atoms with E-state index in [1.165, 1.54) is 24.5 Å². The first-order valence-corrected chi connectivity index (χ1v) is 8.41. The summed E-state index contributed by atoms with van der Waals surface area (Å²) >= 11 is 1.50. The van der Waals surface area contributed by atoms with Crippen LogP contribution in [-0.4, -0.2) is 30.6 Å². The molecule has 0 unspecified atom stereocenters. The lowest BCUT2D eigenvalue weighted by molar-refractivity contribution is -0.121. The summed E-state index contributed by atoms with van der Waals surface area (Å²) in [6, 6.07) is 11.1. The molecule has 7 nitrogen and oxygen atoms in total. The normalized spacial score (nSPS) is 11.0. The van der Waals surface area contributed by atoms with Crippen LogP contribution in [0.2, 0.25) is 0 Å².